The molecule has 0 saturated heterocycles. The number of nitrogens with zero attached hydrogens (tertiary/aromatic N) is 1. The second kappa shape index (κ2) is 8.27. The predicted molar refractivity (Wildman–Crippen MR) is 103 cm³/mol. The number of methoxy groups -OCH3 is 2. The number of rotatable bonds is 8. The second-order valence-electron chi connectivity index (χ2n) is 6.30. The minimum absolute atomic E-state index is 0.211. The summed E-state index contributed by atoms with van der Waals surface area (Å²) in [6, 6.07) is 15.2. The minimum Gasteiger partial charge on any atom is -0.464 e. The van der Waals surface area contributed by atoms with Crippen molar-refractivity contribution in [3.63, 3.8) is 0 Å². The smallest absolute Gasteiger partial charge is 0.422 e. The Balaban J connectivity index is 1.90. The Hall–Kier alpha value is -2.46. The van der Waals surface area contributed by atoms with Crippen molar-refractivity contribution in [2.45, 2.75) is 12.2 Å². The Morgan fingerprint density at radius 2 is 1.57 bits per heavy atom. The highest BCUT2D eigenvalue weighted by Gasteiger charge is 2.35. The van der Waals surface area contributed by atoms with E-state index in [-0.39, 0.29) is 19.0 Å². The first kappa shape index (κ1) is 20.3. The molecule has 0 aliphatic heterocycles. The van der Waals surface area contributed by atoms with Gasteiger partial charge in [-0.1, -0.05) is 48.5 Å². The lowest BCUT2D eigenvalue weighted by Crippen LogP contribution is -2.47. The zero-order chi connectivity index (χ0) is 20.3. The fourth-order valence-electron chi connectivity index (χ4n) is 3.42. The van der Waals surface area contributed by atoms with Gasteiger partial charge in [0.15, 0.2) is 6.29 Å². The average Bonchev–Trinajstić information content (AvgIpc) is 3.00. The van der Waals surface area contributed by atoms with Crippen molar-refractivity contribution in [2.75, 3.05) is 27.3 Å². The molecule has 150 valence electrons. The Bertz CT molecular complexity index is 913. The van der Waals surface area contributed by atoms with E-state index in [4.69, 9.17) is 9.47 Å². The number of carboxylic acid groups (broad SMARTS) is 1. The number of hydrogen-bond donors (Lipinski definition) is 2. The summed E-state index contributed by atoms with van der Waals surface area (Å²) < 4.78 is 37.8. The molecule has 0 saturated carbocycles. The quantitative estimate of drug-likeness (QED) is 0.652. The number of nitrogens with one attached hydrogen (secondary N) is 1. The molecule has 0 atom stereocenters. The van der Waals surface area contributed by atoms with E-state index < -0.39 is 22.6 Å². The van der Waals surface area contributed by atoms with Crippen molar-refractivity contribution in [1.82, 2.24) is 9.03 Å². The van der Waals surface area contributed by atoms with Crippen molar-refractivity contribution in [1.29, 1.82) is 0 Å². The van der Waals surface area contributed by atoms with Gasteiger partial charge in [-0.15, -0.1) is 0 Å². The maximum Gasteiger partial charge on any atom is 0.422 e. The van der Waals surface area contributed by atoms with Crippen LogP contribution in [0.2, 0.25) is 0 Å². The van der Waals surface area contributed by atoms with Gasteiger partial charge >= 0.3 is 16.3 Å². The molecule has 9 heteroatoms. The average molecular weight is 406 g/mol. The van der Waals surface area contributed by atoms with Gasteiger partial charge in [0, 0.05) is 20.1 Å². The lowest BCUT2D eigenvalue weighted by Gasteiger charge is -2.25. The van der Waals surface area contributed by atoms with Crippen LogP contribution in [0.25, 0.3) is 11.1 Å². The molecule has 1 aliphatic carbocycles. The Morgan fingerprint density at radius 1 is 1.07 bits per heavy atom. The third-order valence-corrected chi connectivity index (χ3v) is 6.19. The van der Waals surface area contributed by atoms with E-state index >= 15 is 0 Å². The summed E-state index contributed by atoms with van der Waals surface area (Å²) in [7, 11) is -1.58. The van der Waals surface area contributed by atoms with Crippen LogP contribution in [0.1, 0.15) is 17.0 Å². The molecule has 0 aromatic heterocycles. The first-order chi connectivity index (χ1) is 13.4. The summed E-state index contributed by atoms with van der Waals surface area (Å²) in [5, 5.41) is 9.59. The van der Waals surface area contributed by atoms with E-state index in [0.717, 1.165) is 22.3 Å². The summed E-state index contributed by atoms with van der Waals surface area (Å²) in [5.74, 6) is -0.388. The van der Waals surface area contributed by atoms with Crippen LogP contribution in [0, 0.1) is 0 Å². The number of benzene rings is 2. The molecule has 0 fully saturated rings. The zero-order valence-electron chi connectivity index (χ0n) is 15.5. The Morgan fingerprint density at radius 3 is 2.04 bits per heavy atom. The van der Waals surface area contributed by atoms with Gasteiger partial charge in [-0.3, -0.25) is 0 Å². The van der Waals surface area contributed by atoms with Gasteiger partial charge in [0.25, 0.3) is 0 Å². The van der Waals surface area contributed by atoms with Gasteiger partial charge in [-0.05, 0) is 22.3 Å². The molecule has 2 N–H and O–H groups in total. The monoisotopic (exact) mass is 406 g/mol. The van der Waals surface area contributed by atoms with Crippen LogP contribution < -0.4 is 4.72 Å². The summed E-state index contributed by atoms with van der Waals surface area (Å²) in [5.41, 5.74) is 3.77. The normalized spacial score (nSPS) is 13.4. The summed E-state index contributed by atoms with van der Waals surface area (Å²) in [4.78, 5) is 11.8. The number of ether oxygens (including phenoxy) is 2. The third kappa shape index (κ3) is 3.88. The van der Waals surface area contributed by atoms with Crippen LogP contribution in [0.15, 0.2) is 48.5 Å². The maximum absolute atomic E-state index is 12.6. The molecule has 2 aromatic carbocycles. The standard InChI is InChI=1S/C19H22N2O6S/c1-26-18(27-2)11-20-28(24,25)21(19(22)23)12-17-15-9-5-3-7-13(15)14-8-4-6-10-16(14)17/h3-10,17-18,20H,11-12H2,1-2H3,(H,22,23). The van der Waals surface area contributed by atoms with Gasteiger partial charge in [-0.25, -0.2) is 4.79 Å². The van der Waals surface area contributed by atoms with Crippen LogP contribution in [0.3, 0.4) is 0 Å². The SMILES string of the molecule is COC(CNS(=O)(=O)N(CC1c2ccccc2-c2ccccc21)C(=O)O)OC. The first-order valence-electron chi connectivity index (χ1n) is 8.63. The highest BCUT2D eigenvalue weighted by Crippen LogP contribution is 2.44. The van der Waals surface area contributed by atoms with Crippen molar-refractivity contribution in [2.24, 2.45) is 0 Å². The van der Waals surface area contributed by atoms with Crippen LogP contribution >= 0.6 is 0 Å². The van der Waals surface area contributed by atoms with Gasteiger partial charge in [0.05, 0.1) is 13.1 Å². The van der Waals surface area contributed by atoms with E-state index in [9.17, 15) is 18.3 Å². The van der Waals surface area contributed by atoms with E-state index in [1.807, 2.05) is 48.5 Å². The molecule has 28 heavy (non-hydrogen) atoms. The molecule has 0 bridgehead atoms. The van der Waals surface area contributed by atoms with E-state index in [0.29, 0.717) is 4.31 Å². The summed E-state index contributed by atoms with van der Waals surface area (Å²) >= 11 is 0. The molecular weight excluding hydrogens is 384 g/mol. The van der Waals surface area contributed by atoms with E-state index in [2.05, 4.69) is 4.72 Å². The van der Waals surface area contributed by atoms with Crippen molar-refractivity contribution in [3.05, 3.63) is 59.7 Å². The van der Waals surface area contributed by atoms with Gasteiger partial charge in [-0.2, -0.15) is 17.4 Å². The first-order valence-corrected chi connectivity index (χ1v) is 10.1. The van der Waals surface area contributed by atoms with Crippen LogP contribution in [-0.4, -0.2) is 57.5 Å². The van der Waals surface area contributed by atoms with Crippen molar-refractivity contribution >= 4 is 16.3 Å². The number of carbonyl (C=O) groups is 1. The lowest BCUT2D eigenvalue weighted by molar-refractivity contribution is -0.0962. The summed E-state index contributed by atoms with van der Waals surface area (Å²) in [6.07, 6.45) is -2.38. The molecule has 0 unspecified atom stereocenters. The van der Waals surface area contributed by atoms with E-state index in [1.165, 1.54) is 14.2 Å². The number of fused-ring (bicyclic) bond motifs is 3. The van der Waals surface area contributed by atoms with Gasteiger partial charge < -0.3 is 14.6 Å². The van der Waals surface area contributed by atoms with Crippen LogP contribution in [0.4, 0.5) is 4.79 Å². The molecule has 0 radical (unpaired) electrons. The topological polar surface area (TPSA) is 105 Å². The van der Waals surface area contributed by atoms with E-state index in [1.54, 1.807) is 0 Å². The largest absolute Gasteiger partial charge is 0.464 e. The highest BCUT2D eigenvalue weighted by molar-refractivity contribution is 7.87. The van der Waals surface area contributed by atoms with Crippen molar-refractivity contribution in [3.8, 4) is 11.1 Å². The molecular formula is C19H22N2O6S. The Kier molecular flexibility index (Phi) is 5.99. The molecule has 0 spiro atoms. The molecule has 0 heterocycles. The fraction of sp³-hybridized carbons (Fsp3) is 0.316. The molecule has 3 rings (SSSR count). The second-order valence-corrected chi connectivity index (χ2v) is 7.97. The minimum atomic E-state index is -4.31. The lowest BCUT2D eigenvalue weighted by atomic mass is 9.97. The molecule has 1 amide bonds. The molecule has 1 aliphatic rings. The molecule has 8 nitrogen and oxygen atoms in total. The van der Waals surface area contributed by atoms with Crippen molar-refractivity contribution < 1.29 is 27.8 Å². The van der Waals surface area contributed by atoms with Gasteiger partial charge in [0.1, 0.15) is 0 Å². The highest BCUT2D eigenvalue weighted by atomic mass is 32.2. The molecule has 2 aromatic rings. The summed E-state index contributed by atoms with van der Waals surface area (Å²) in [6.45, 7) is -0.444. The van der Waals surface area contributed by atoms with Gasteiger partial charge in [0.2, 0.25) is 0 Å². The maximum atomic E-state index is 12.6. The van der Waals surface area contributed by atoms with Crippen LogP contribution in [-0.2, 0) is 19.7 Å². The fourth-order valence-corrected chi connectivity index (χ4v) is 4.47. The third-order valence-electron chi connectivity index (χ3n) is 4.77. The zero-order valence-corrected chi connectivity index (χ0v) is 16.3. The Labute approximate surface area is 163 Å². The number of amides is 1. The predicted octanol–water partition coefficient (Wildman–Crippen LogP) is 2.23. The van der Waals surface area contributed by atoms with Crippen LogP contribution in [0.5, 0.6) is 0 Å². The number of hydrogen-bond acceptors (Lipinski definition) is 5.